The third kappa shape index (κ3) is 12.9. The summed E-state index contributed by atoms with van der Waals surface area (Å²) in [6, 6.07) is 28.2. The molecule has 0 radical (unpaired) electrons. The average Bonchev–Trinajstić information content (AvgIpc) is 4.04. The highest BCUT2D eigenvalue weighted by molar-refractivity contribution is 6.07. The number of esters is 1. The number of rotatable bonds is 16. The van der Waals surface area contributed by atoms with Crippen molar-refractivity contribution in [2.45, 2.75) is 39.2 Å². The van der Waals surface area contributed by atoms with Crippen molar-refractivity contribution in [3.8, 4) is 33.8 Å². The van der Waals surface area contributed by atoms with Crippen LogP contribution in [0.3, 0.4) is 0 Å². The molecule has 0 bridgehead atoms. The molecule has 0 aliphatic carbocycles. The van der Waals surface area contributed by atoms with E-state index in [0.717, 1.165) is 33.3 Å². The molecule has 2 aromatic carbocycles. The Balaban J connectivity index is 0.000000218. The fourth-order valence-corrected chi connectivity index (χ4v) is 7.43. The van der Waals surface area contributed by atoms with Crippen LogP contribution in [-0.4, -0.2) is 118 Å². The Bertz CT molecular complexity index is 3220. The number of anilines is 2. The zero-order chi connectivity index (χ0) is 52.2. The Morgan fingerprint density at radius 3 is 1.41 bits per heavy atom. The van der Waals surface area contributed by atoms with E-state index in [0.29, 0.717) is 58.4 Å². The topological polar surface area (TPSA) is 224 Å². The molecule has 8 aromatic rings. The van der Waals surface area contributed by atoms with E-state index >= 15 is 0 Å². The first-order chi connectivity index (χ1) is 35.1. The second-order valence-corrected chi connectivity index (χ2v) is 17.5. The summed E-state index contributed by atoms with van der Waals surface area (Å²) in [4.78, 5) is 73.5. The van der Waals surface area contributed by atoms with Crippen LogP contribution in [0, 0.1) is 0 Å². The lowest BCUT2D eigenvalue weighted by Gasteiger charge is -2.19. The van der Waals surface area contributed by atoms with Crippen LogP contribution in [0.4, 0.5) is 11.6 Å². The minimum atomic E-state index is -0.505. The first-order valence-electron chi connectivity index (χ1n) is 23.2. The molecule has 4 amide bonds. The normalized spacial score (nSPS) is 11.0. The van der Waals surface area contributed by atoms with Crippen LogP contribution in [0.1, 0.15) is 75.0 Å². The van der Waals surface area contributed by atoms with E-state index in [-0.39, 0.29) is 49.2 Å². The van der Waals surface area contributed by atoms with Gasteiger partial charge < -0.3 is 30.0 Å². The number of aliphatic hydroxyl groups is 1. The molecule has 3 N–H and O–H groups in total. The highest BCUT2D eigenvalue weighted by atomic mass is 16.6. The van der Waals surface area contributed by atoms with Crippen molar-refractivity contribution < 1.29 is 43.3 Å². The summed E-state index contributed by atoms with van der Waals surface area (Å²) in [5, 5.41) is 22.8. The molecular weight excluding hydrogens is 933 g/mol. The molecule has 0 aliphatic heterocycles. The average molecular weight is 989 g/mol. The number of benzene rings is 2. The van der Waals surface area contributed by atoms with Gasteiger partial charge in [0.1, 0.15) is 35.3 Å². The molecular formula is C54H56N10O9. The fraction of sp³-hybridized carbons (Fsp3) is 0.241. The summed E-state index contributed by atoms with van der Waals surface area (Å²) in [5.74, 6) is 0.957. The van der Waals surface area contributed by atoms with E-state index in [1.165, 1.54) is 16.0 Å². The maximum atomic E-state index is 13.3. The van der Waals surface area contributed by atoms with Gasteiger partial charge in [-0.3, -0.25) is 33.8 Å². The zero-order valence-electron chi connectivity index (χ0n) is 41.5. The van der Waals surface area contributed by atoms with E-state index in [1.54, 1.807) is 141 Å². The standard InChI is InChI=1S/C30H33N5O5.C24H23N5O4/c1-30(2,3)40-27(36)7-6-16-39-23-12-13-26(32-18-23)34(5)29(38)22-14-15-35-25(17-22)24(19-33-35)20-8-10-21(11-9-20)28(37)31-4;1-25-23(31)17-5-3-16(4-6-17)20-15-27-29-10-9-18(13-21(20)29)24(32)28(2)22-8-7-19(14-26-22)33-12-11-30/h8-15,17-19H,6-7,16H2,1-5H3,(H,31,37);3-10,13-15,30H,11-12H2,1-2H3,(H,25,31). The lowest BCUT2D eigenvalue weighted by molar-refractivity contribution is -0.155. The predicted molar refractivity (Wildman–Crippen MR) is 275 cm³/mol. The Morgan fingerprint density at radius 2 is 1.03 bits per heavy atom. The number of pyridine rings is 4. The van der Waals surface area contributed by atoms with Gasteiger partial charge in [-0.2, -0.15) is 10.2 Å². The smallest absolute Gasteiger partial charge is 0.306 e. The Morgan fingerprint density at radius 1 is 0.589 bits per heavy atom. The molecule has 19 nitrogen and oxygen atoms in total. The number of nitrogens with zero attached hydrogens (tertiary/aromatic N) is 8. The molecule has 6 aromatic heterocycles. The molecule has 0 saturated carbocycles. The first kappa shape index (κ1) is 51.9. The van der Waals surface area contributed by atoms with Gasteiger partial charge >= 0.3 is 5.97 Å². The number of ether oxygens (including phenoxy) is 3. The van der Waals surface area contributed by atoms with Crippen LogP contribution in [-0.2, 0) is 9.53 Å². The Hall–Kier alpha value is -8.97. The van der Waals surface area contributed by atoms with Crippen LogP contribution >= 0.6 is 0 Å². The van der Waals surface area contributed by atoms with Crippen molar-refractivity contribution in [1.82, 2.24) is 39.8 Å². The molecule has 19 heteroatoms. The summed E-state index contributed by atoms with van der Waals surface area (Å²) in [5.41, 5.74) is 6.55. The number of amides is 4. The third-order valence-electron chi connectivity index (χ3n) is 11.2. The Labute approximate surface area is 421 Å². The van der Waals surface area contributed by atoms with Gasteiger partial charge in [0.25, 0.3) is 23.6 Å². The number of hydrogen-bond donors (Lipinski definition) is 3. The SMILES string of the molecule is CNC(=O)c1ccc(-c2cnn3ccc(C(=O)N(C)c4ccc(OCCCC(=O)OC(C)(C)C)cn4)cc23)cc1.CNC(=O)c1ccc(-c2cnn3ccc(C(=O)N(C)c4ccc(OCCO)cn4)cc23)cc1. The highest BCUT2D eigenvalue weighted by Gasteiger charge is 2.20. The quantitative estimate of drug-likeness (QED) is 0.0660. The summed E-state index contributed by atoms with van der Waals surface area (Å²) >= 11 is 0. The monoisotopic (exact) mass is 988 g/mol. The van der Waals surface area contributed by atoms with Crippen molar-refractivity contribution in [2.24, 2.45) is 0 Å². The summed E-state index contributed by atoms with van der Waals surface area (Å²) in [6.45, 7) is 5.94. The molecule has 0 unspecified atom stereocenters. The maximum Gasteiger partial charge on any atom is 0.306 e. The van der Waals surface area contributed by atoms with E-state index in [1.807, 2.05) is 45.0 Å². The maximum absolute atomic E-state index is 13.3. The number of hydrogen-bond acceptors (Lipinski definition) is 13. The molecule has 8 rings (SSSR count). The van der Waals surface area contributed by atoms with Crippen molar-refractivity contribution in [3.05, 3.63) is 156 Å². The summed E-state index contributed by atoms with van der Waals surface area (Å²) in [7, 11) is 6.49. The van der Waals surface area contributed by atoms with Crippen LogP contribution < -0.4 is 29.9 Å². The fourth-order valence-electron chi connectivity index (χ4n) is 7.43. The van der Waals surface area contributed by atoms with Crippen LogP contribution in [0.15, 0.2) is 134 Å². The van der Waals surface area contributed by atoms with Crippen molar-refractivity contribution in [3.63, 3.8) is 0 Å². The second-order valence-electron chi connectivity index (χ2n) is 17.5. The van der Waals surface area contributed by atoms with Gasteiger partial charge in [-0.15, -0.1) is 0 Å². The third-order valence-corrected chi connectivity index (χ3v) is 11.2. The van der Waals surface area contributed by atoms with Gasteiger partial charge in [-0.1, -0.05) is 24.3 Å². The number of carbonyl (C=O) groups is 5. The molecule has 0 atom stereocenters. The molecule has 73 heavy (non-hydrogen) atoms. The van der Waals surface area contributed by atoms with E-state index in [2.05, 4.69) is 30.8 Å². The van der Waals surface area contributed by atoms with Gasteiger partial charge in [0.2, 0.25) is 0 Å². The number of aromatic nitrogens is 6. The zero-order valence-corrected chi connectivity index (χ0v) is 41.5. The molecule has 0 saturated heterocycles. The van der Waals surface area contributed by atoms with E-state index in [4.69, 9.17) is 19.3 Å². The second kappa shape index (κ2) is 23.3. The largest absolute Gasteiger partial charge is 0.492 e. The molecule has 0 spiro atoms. The molecule has 376 valence electrons. The molecule has 6 heterocycles. The van der Waals surface area contributed by atoms with Crippen molar-refractivity contribution in [1.29, 1.82) is 0 Å². The lowest BCUT2D eigenvalue weighted by Crippen LogP contribution is -2.27. The minimum Gasteiger partial charge on any atom is -0.492 e. The van der Waals surface area contributed by atoms with Gasteiger partial charge in [-0.05, 0) is 111 Å². The van der Waals surface area contributed by atoms with Crippen molar-refractivity contribution >= 4 is 52.3 Å². The van der Waals surface area contributed by atoms with Crippen LogP contribution in [0.5, 0.6) is 11.5 Å². The van der Waals surface area contributed by atoms with Gasteiger partial charge in [0.15, 0.2) is 0 Å². The van der Waals surface area contributed by atoms with E-state index < -0.39 is 5.60 Å². The number of aliphatic hydroxyl groups excluding tert-OH is 1. The van der Waals surface area contributed by atoms with Gasteiger partial charge in [0.05, 0.1) is 49.0 Å². The minimum absolute atomic E-state index is 0.0859. The predicted octanol–water partition coefficient (Wildman–Crippen LogP) is 6.94. The first-order valence-corrected chi connectivity index (χ1v) is 23.2. The van der Waals surface area contributed by atoms with Crippen LogP contribution in [0.25, 0.3) is 33.3 Å². The highest BCUT2D eigenvalue weighted by Crippen LogP contribution is 2.29. The van der Waals surface area contributed by atoms with Crippen LogP contribution in [0.2, 0.25) is 0 Å². The van der Waals surface area contributed by atoms with Crippen molar-refractivity contribution in [2.75, 3.05) is 57.8 Å². The van der Waals surface area contributed by atoms with Gasteiger partial charge in [0, 0.05) is 80.4 Å². The Kier molecular flexibility index (Phi) is 16.6. The number of carbonyl (C=O) groups excluding carboxylic acids is 5. The van der Waals surface area contributed by atoms with E-state index in [9.17, 15) is 24.0 Å². The van der Waals surface area contributed by atoms with Gasteiger partial charge in [-0.25, -0.2) is 19.0 Å². The number of fused-ring (bicyclic) bond motifs is 2. The molecule has 0 aliphatic rings. The lowest BCUT2D eigenvalue weighted by atomic mass is 10.0. The summed E-state index contributed by atoms with van der Waals surface area (Å²) < 4.78 is 19.7. The number of nitrogens with one attached hydrogen (secondary N) is 2. The summed E-state index contributed by atoms with van der Waals surface area (Å²) in [6.07, 6.45) is 10.8. The molecule has 0 fully saturated rings.